The standard InChI is InChI=1S/C17H20F3N5O2S/c1-11(12-7-8-12)24(10-17(18,19)20)15(26)9-28-16-21-22-23-25(16)13-5-3-4-6-14(13)27-2/h3-6,11-12H,7-10H2,1-2H3/t11-/m0/s1. The van der Waals surface area contributed by atoms with Crippen molar-refractivity contribution in [2.24, 2.45) is 5.92 Å². The molecule has 1 amide bonds. The quantitative estimate of drug-likeness (QED) is 0.618. The Morgan fingerprint density at radius 3 is 2.75 bits per heavy atom. The lowest BCUT2D eigenvalue weighted by molar-refractivity contribution is -0.164. The van der Waals surface area contributed by atoms with Gasteiger partial charge in [-0.1, -0.05) is 23.9 Å². The van der Waals surface area contributed by atoms with Crippen molar-refractivity contribution in [2.75, 3.05) is 19.4 Å². The van der Waals surface area contributed by atoms with Crippen LogP contribution < -0.4 is 4.74 Å². The predicted molar refractivity (Wildman–Crippen MR) is 96.4 cm³/mol. The Labute approximate surface area is 164 Å². The van der Waals surface area contributed by atoms with Gasteiger partial charge in [0.2, 0.25) is 11.1 Å². The Morgan fingerprint density at radius 1 is 1.39 bits per heavy atom. The summed E-state index contributed by atoms with van der Waals surface area (Å²) >= 11 is 0.992. The van der Waals surface area contributed by atoms with Crippen molar-refractivity contribution in [3.05, 3.63) is 24.3 Å². The Balaban J connectivity index is 1.72. The number of para-hydroxylation sites is 2. The number of carbonyl (C=O) groups is 1. The summed E-state index contributed by atoms with van der Waals surface area (Å²) < 4.78 is 45.5. The van der Waals surface area contributed by atoms with Crippen LogP contribution >= 0.6 is 11.8 Å². The van der Waals surface area contributed by atoms with Gasteiger partial charge in [0.1, 0.15) is 18.0 Å². The van der Waals surface area contributed by atoms with Gasteiger partial charge in [0.15, 0.2) is 0 Å². The van der Waals surface area contributed by atoms with Crippen LogP contribution in [0.25, 0.3) is 5.69 Å². The molecule has 0 saturated heterocycles. The Morgan fingerprint density at radius 2 is 2.11 bits per heavy atom. The number of hydrogen-bond acceptors (Lipinski definition) is 6. The first-order chi connectivity index (χ1) is 13.3. The number of methoxy groups -OCH3 is 1. The number of tetrazole rings is 1. The van der Waals surface area contributed by atoms with Crippen molar-refractivity contribution in [1.29, 1.82) is 0 Å². The number of nitrogens with zero attached hydrogens (tertiary/aromatic N) is 5. The lowest BCUT2D eigenvalue weighted by Crippen LogP contribution is -2.46. The topological polar surface area (TPSA) is 73.1 Å². The molecule has 28 heavy (non-hydrogen) atoms. The molecule has 2 aromatic rings. The van der Waals surface area contributed by atoms with Crippen molar-refractivity contribution < 1.29 is 22.7 Å². The monoisotopic (exact) mass is 415 g/mol. The number of ether oxygens (including phenoxy) is 1. The van der Waals surface area contributed by atoms with Crippen molar-refractivity contribution in [3.8, 4) is 11.4 Å². The fourth-order valence-corrected chi connectivity index (χ4v) is 3.69. The zero-order chi connectivity index (χ0) is 20.3. The van der Waals surface area contributed by atoms with Crippen LogP contribution in [0.2, 0.25) is 0 Å². The highest BCUT2D eigenvalue weighted by Crippen LogP contribution is 2.36. The predicted octanol–water partition coefficient (Wildman–Crippen LogP) is 2.95. The van der Waals surface area contributed by atoms with Gasteiger partial charge in [-0.3, -0.25) is 4.79 Å². The lowest BCUT2D eigenvalue weighted by atomic mass is 10.2. The summed E-state index contributed by atoms with van der Waals surface area (Å²) in [6.07, 6.45) is -2.74. The molecule has 1 aromatic carbocycles. The van der Waals surface area contributed by atoms with E-state index in [1.807, 2.05) is 0 Å². The number of thioether (sulfide) groups is 1. The van der Waals surface area contributed by atoms with Gasteiger partial charge in [-0.2, -0.15) is 17.9 Å². The van der Waals surface area contributed by atoms with Crippen LogP contribution in [0, 0.1) is 5.92 Å². The number of carbonyl (C=O) groups excluding carboxylic acids is 1. The first kappa shape index (κ1) is 20.4. The van der Waals surface area contributed by atoms with Crippen molar-refractivity contribution in [3.63, 3.8) is 0 Å². The van der Waals surface area contributed by atoms with Crippen LogP contribution in [0.15, 0.2) is 29.4 Å². The van der Waals surface area contributed by atoms with E-state index in [2.05, 4.69) is 15.5 Å². The molecule has 1 atom stereocenters. The number of hydrogen-bond donors (Lipinski definition) is 0. The Hall–Kier alpha value is -2.30. The summed E-state index contributed by atoms with van der Waals surface area (Å²) in [5.41, 5.74) is 0.573. The smallest absolute Gasteiger partial charge is 0.406 e. The van der Waals surface area contributed by atoms with E-state index in [0.717, 1.165) is 29.5 Å². The minimum Gasteiger partial charge on any atom is -0.494 e. The highest BCUT2D eigenvalue weighted by molar-refractivity contribution is 7.99. The van der Waals surface area contributed by atoms with Gasteiger partial charge >= 0.3 is 6.18 Å². The van der Waals surface area contributed by atoms with Crippen molar-refractivity contribution >= 4 is 17.7 Å². The van der Waals surface area contributed by atoms with Gasteiger partial charge < -0.3 is 9.64 Å². The molecule has 1 saturated carbocycles. The second kappa shape index (κ2) is 8.38. The molecule has 3 rings (SSSR count). The second-order valence-electron chi connectivity index (χ2n) is 6.55. The molecule has 0 N–H and O–H groups in total. The molecule has 11 heteroatoms. The molecule has 0 unspecified atom stereocenters. The summed E-state index contributed by atoms with van der Waals surface area (Å²) in [6, 6.07) is 6.60. The molecule has 7 nitrogen and oxygen atoms in total. The third-order valence-electron chi connectivity index (χ3n) is 4.54. The zero-order valence-corrected chi connectivity index (χ0v) is 16.2. The molecule has 0 aliphatic heterocycles. The number of rotatable bonds is 8. The summed E-state index contributed by atoms with van der Waals surface area (Å²) in [4.78, 5) is 13.5. The SMILES string of the molecule is COc1ccccc1-n1nnnc1SCC(=O)N(CC(F)(F)F)[C@@H](C)C1CC1. The minimum atomic E-state index is -4.44. The number of benzene rings is 1. The van der Waals surface area contributed by atoms with Crippen LogP contribution in [0.1, 0.15) is 19.8 Å². The highest BCUT2D eigenvalue weighted by atomic mass is 32.2. The largest absolute Gasteiger partial charge is 0.494 e. The summed E-state index contributed by atoms with van der Waals surface area (Å²) in [7, 11) is 1.51. The number of alkyl halides is 3. The highest BCUT2D eigenvalue weighted by Gasteiger charge is 2.40. The van der Waals surface area contributed by atoms with Crippen LogP contribution in [-0.4, -0.2) is 62.6 Å². The van der Waals surface area contributed by atoms with E-state index >= 15 is 0 Å². The zero-order valence-electron chi connectivity index (χ0n) is 15.4. The molecule has 1 aliphatic rings. The Bertz CT molecular complexity index is 825. The Kier molecular flexibility index (Phi) is 6.11. The molecular weight excluding hydrogens is 395 g/mol. The number of amides is 1. The maximum absolute atomic E-state index is 12.9. The average Bonchev–Trinajstić information content (AvgIpc) is 3.41. The van der Waals surface area contributed by atoms with Gasteiger partial charge in [0, 0.05) is 6.04 Å². The number of aromatic nitrogens is 4. The van der Waals surface area contributed by atoms with Gasteiger partial charge in [-0.05, 0) is 48.2 Å². The molecule has 152 valence electrons. The van der Waals surface area contributed by atoms with Gasteiger partial charge in [0.25, 0.3) is 0 Å². The van der Waals surface area contributed by atoms with Gasteiger partial charge in [-0.15, -0.1) is 5.10 Å². The maximum atomic E-state index is 12.9. The molecule has 1 heterocycles. The average molecular weight is 415 g/mol. The molecule has 0 bridgehead atoms. The summed E-state index contributed by atoms with van der Waals surface area (Å²) in [5.74, 6) is -0.113. The minimum absolute atomic E-state index is 0.134. The van der Waals surface area contributed by atoms with E-state index in [1.165, 1.54) is 11.8 Å². The normalized spacial score (nSPS) is 15.3. The summed E-state index contributed by atoms with van der Waals surface area (Å²) in [5, 5.41) is 11.7. The molecule has 1 aromatic heterocycles. The van der Waals surface area contributed by atoms with E-state index in [0.29, 0.717) is 16.6 Å². The molecule has 0 spiro atoms. The third kappa shape index (κ3) is 4.94. The molecule has 1 aliphatic carbocycles. The first-order valence-electron chi connectivity index (χ1n) is 8.71. The fourth-order valence-electron chi connectivity index (χ4n) is 2.92. The van der Waals surface area contributed by atoms with E-state index < -0.39 is 24.7 Å². The second-order valence-corrected chi connectivity index (χ2v) is 7.49. The van der Waals surface area contributed by atoms with Gasteiger partial charge in [0.05, 0.1) is 12.9 Å². The van der Waals surface area contributed by atoms with Crippen LogP contribution in [0.3, 0.4) is 0 Å². The fraction of sp³-hybridized carbons (Fsp3) is 0.529. The van der Waals surface area contributed by atoms with Gasteiger partial charge in [-0.25, -0.2) is 0 Å². The van der Waals surface area contributed by atoms with E-state index in [9.17, 15) is 18.0 Å². The lowest BCUT2D eigenvalue weighted by Gasteiger charge is -2.30. The first-order valence-corrected chi connectivity index (χ1v) is 9.69. The van der Waals surface area contributed by atoms with E-state index in [1.54, 1.807) is 31.2 Å². The molecular formula is C17H20F3N5O2S. The molecule has 0 radical (unpaired) electrons. The van der Waals surface area contributed by atoms with Crippen molar-refractivity contribution in [1.82, 2.24) is 25.1 Å². The van der Waals surface area contributed by atoms with Crippen LogP contribution in [0.5, 0.6) is 5.75 Å². The maximum Gasteiger partial charge on any atom is 0.406 e. The van der Waals surface area contributed by atoms with Crippen LogP contribution in [0.4, 0.5) is 13.2 Å². The third-order valence-corrected chi connectivity index (χ3v) is 5.45. The summed E-state index contributed by atoms with van der Waals surface area (Å²) in [6.45, 7) is 0.423. The van der Waals surface area contributed by atoms with E-state index in [-0.39, 0.29) is 11.7 Å². The number of halogens is 3. The van der Waals surface area contributed by atoms with Crippen LogP contribution in [-0.2, 0) is 4.79 Å². The van der Waals surface area contributed by atoms with Crippen molar-refractivity contribution in [2.45, 2.75) is 37.1 Å². The van der Waals surface area contributed by atoms with E-state index in [4.69, 9.17) is 4.74 Å². The molecule has 1 fully saturated rings.